The van der Waals surface area contributed by atoms with Gasteiger partial charge in [0, 0.05) is 11.1 Å². The zero-order valence-corrected chi connectivity index (χ0v) is 33.6. The van der Waals surface area contributed by atoms with E-state index >= 15 is 0 Å². The maximum atomic E-state index is 13.0. The van der Waals surface area contributed by atoms with Crippen molar-refractivity contribution in [2.24, 2.45) is 0 Å². The van der Waals surface area contributed by atoms with Crippen molar-refractivity contribution in [2.45, 2.75) is 121 Å². The van der Waals surface area contributed by atoms with Gasteiger partial charge in [0.1, 0.15) is 28.6 Å². The van der Waals surface area contributed by atoms with Crippen LogP contribution in [0.4, 0.5) is 4.79 Å². The maximum Gasteiger partial charge on any atom is 0.530 e. The van der Waals surface area contributed by atoms with Gasteiger partial charge in [-0.25, -0.2) is 4.79 Å². The van der Waals surface area contributed by atoms with Crippen LogP contribution in [0.5, 0.6) is 23.0 Å². The van der Waals surface area contributed by atoms with Crippen molar-refractivity contribution < 1.29 is 27.8 Å². The van der Waals surface area contributed by atoms with E-state index in [4.69, 9.17) is 23.0 Å². The van der Waals surface area contributed by atoms with Gasteiger partial charge in [-0.2, -0.15) is 0 Å². The second-order valence-corrected chi connectivity index (χ2v) is 16.2. The van der Waals surface area contributed by atoms with Gasteiger partial charge in [0.15, 0.2) is 0 Å². The van der Waals surface area contributed by atoms with Crippen molar-refractivity contribution in [3.63, 3.8) is 0 Å². The Morgan fingerprint density at radius 3 is 1.36 bits per heavy atom. The molecule has 4 aromatic carbocycles. The number of rotatable bonds is 10. The average molecular weight is 699 g/mol. The molecule has 0 spiro atoms. The molecule has 0 unspecified atom stereocenters. The van der Waals surface area contributed by atoms with Crippen molar-refractivity contribution in [2.75, 3.05) is 0 Å². The van der Waals surface area contributed by atoms with Gasteiger partial charge in [-0.1, -0.05) is 52.0 Å². The number of carbonyl (C=O) groups excluding carboxylic acids is 1. The Balaban J connectivity index is 1.92. The van der Waals surface area contributed by atoms with Crippen LogP contribution >= 0.6 is 8.60 Å². The molecular formula is C43H55O6P. The summed E-state index contributed by atoms with van der Waals surface area (Å²) in [7, 11) is -2.04. The average Bonchev–Trinajstić information content (AvgIpc) is 2.97. The van der Waals surface area contributed by atoms with Gasteiger partial charge >= 0.3 is 14.8 Å². The zero-order chi connectivity index (χ0) is 37.2. The fourth-order valence-electron chi connectivity index (χ4n) is 5.90. The summed E-state index contributed by atoms with van der Waals surface area (Å²) in [5, 5.41) is 0. The van der Waals surface area contributed by atoms with Crippen molar-refractivity contribution in [1.82, 2.24) is 0 Å². The summed E-state index contributed by atoms with van der Waals surface area (Å²) in [5.74, 6) is 2.90. The monoisotopic (exact) mass is 698 g/mol. The van der Waals surface area contributed by atoms with Crippen LogP contribution in [-0.2, 0) is 4.74 Å². The van der Waals surface area contributed by atoms with E-state index in [9.17, 15) is 4.79 Å². The molecule has 0 aliphatic heterocycles. The summed E-state index contributed by atoms with van der Waals surface area (Å²) in [5.41, 5.74) is 11.3. The summed E-state index contributed by atoms with van der Waals surface area (Å²) in [4.78, 5) is 13.0. The highest BCUT2D eigenvalue weighted by Crippen LogP contribution is 2.51. The molecule has 0 fully saturated rings. The van der Waals surface area contributed by atoms with E-state index in [2.05, 4.69) is 91.8 Å². The van der Waals surface area contributed by atoms with Crippen LogP contribution < -0.4 is 18.3 Å². The predicted molar refractivity (Wildman–Crippen MR) is 207 cm³/mol. The first-order chi connectivity index (χ1) is 23.2. The number of benzene rings is 4. The van der Waals surface area contributed by atoms with E-state index in [1.54, 1.807) is 0 Å². The van der Waals surface area contributed by atoms with Crippen LogP contribution in [0.3, 0.4) is 0 Å². The van der Waals surface area contributed by atoms with Crippen LogP contribution in [0.1, 0.15) is 116 Å². The molecule has 0 heterocycles. The Morgan fingerprint density at radius 2 is 0.940 bits per heavy atom. The van der Waals surface area contributed by atoms with E-state index in [1.807, 2.05) is 60.6 Å². The Morgan fingerprint density at radius 1 is 0.540 bits per heavy atom. The Labute approximate surface area is 301 Å². The molecule has 0 bridgehead atoms. The summed E-state index contributed by atoms with van der Waals surface area (Å²) in [6.45, 7) is 30.5. The van der Waals surface area contributed by atoms with Crippen LogP contribution in [0, 0.1) is 55.4 Å². The normalized spacial score (nSPS) is 11.7. The third-order valence-electron chi connectivity index (χ3n) is 8.71. The smallest absolute Gasteiger partial charge is 0.428 e. The predicted octanol–water partition coefficient (Wildman–Crippen LogP) is 13.1. The van der Waals surface area contributed by atoms with Crippen molar-refractivity contribution in [1.29, 1.82) is 0 Å². The molecule has 4 aromatic rings. The third-order valence-corrected chi connectivity index (χ3v) is 9.73. The minimum absolute atomic E-state index is 0.216. The van der Waals surface area contributed by atoms with Crippen molar-refractivity contribution in [3.05, 3.63) is 104 Å². The van der Waals surface area contributed by atoms with E-state index in [1.165, 1.54) is 11.1 Å². The summed E-state index contributed by atoms with van der Waals surface area (Å²) in [6.07, 6.45) is -0.765. The van der Waals surface area contributed by atoms with Crippen LogP contribution in [0.25, 0.3) is 11.1 Å². The highest BCUT2D eigenvalue weighted by Gasteiger charge is 2.29. The Hall–Kier alpha value is -4.02. The van der Waals surface area contributed by atoms with E-state index < -0.39 is 20.4 Å². The first kappa shape index (κ1) is 38.8. The number of hydrogen-bond donors (Lipinski definition) is 0. The van der Waals surface area contributed by atoms with Crippen molar-refractivity contribution >= 4 is 14.8 Å². The maximum absolute atomic E-state index is 13.0. The quantitative estimate of drug-likeness (QED) is 0.0933. The lowest BCUT2D eigenvalue weighted by Gasteiger charge is -2.26. The SMILES string of the molecule is Cc1cc(C)c(OC(=O)OC(C)(C)C)c(-c2cc(C)cc(C)c2OP(Oc2cc(C)c(C)cc2C(C)C)Oc2cc(C)c(C)cc2C(C)C)c1. The molecule has 50 heavy (non-hydrogen) atoms. The molecule has 4 rings (SSSR count). The highest BCUT2D eigenvalue weighted by atomic mass is 31.2. The van der Waals surface area contributed by atoms with Gasteiger partial charge < -0.3 is 23.0 Å². The molecule has 0 aliphatic rings. The first-order valence-corrected chi connectivity index (χ1v) is 18.5. The fraction of sp³-hybridized carbons (Fsp3) is 0.419. The largest absolute Gasteiger partial charge is 0.530 e. The number of aryl methyl sites for hydroxylation is 8. The second-order valence-electron chi connectivity index (χ2n) is 15.2. The van der Waals surface area contributed by atoms with Crippen molar-refractivity contribution in [3.8, 4) is 34.1 Å². The minimum Gasteiger partial charge on any atom is -0.428 e. The summed E-state index contributed by atoms with van der Waals surface area (Å²) >= 11 is 0. The highest BCUT2D eigenvalue weighted by molar-refractivity contribution is 7.43. The molecule has 7 heteroatoms. The number of carbonyl (C=O) groups is 1. The standard InChI is InChI=1S/C43H55O6P/c1-24(2)34-20-28(7)30(9)22-38(34)47-50(48-39-23-31(10)29(8)21-35(39)25(3)4)49-41-33(12)17-27(6)19-37(41)36-18-26(5)16-32(11)40(36)45-42(44)46-43(13,14)15/h16-25H,1-15H3. The summed E-state index contributed by atoms with van der Waals surface area (Å²) in [6, 6.07) is 16.7. The van der Waals surface area contributed by atoms with Gasteiger partial charge in [0.2, 0.25) is 0 Å². The topological polar surface area (TPSA) is 63.2 Å². The fourth-order valence-corrected chi connectivity index (χ4v) is 7.04. The summed E-state index contributed by atoms with van der Waals surface area (Å²) < 4.78 is 32.2. The van der Waals surface area contributed by atoms with E-state index in [0.717, 1.165) is 61.6 Å². The van der Waals surface area contributed by atoms with Crippen LogP contribution in [0.2, 0.25) is 0 Å². The lowest BCUT2D eigenvalue weighted by atomic mass is 9.95. The van der Waals surface area contributed by atoms with Gasteiger partial charge in [-0.05, 0) is 168 Å². The molecule has 0 saturated carbocycles. The molecule has 0 N–H and O–H groups in total. The second kappa shape index (κ2) is 15.5. The minimum atomic E-state index is -2.04. The molecule has 0 aliphatic carbocycles. The lowest BCUT2D eigenvalue weighted by Crippen LogP contribution is -2.26. The van der Waals surface area contributed by atoms with Gasteiger partial charge in [0.05, 0.1) is 0 Å². The van der Waals surface area contributed by atoms with Gasteiger partial charge in [0.25, 0.3) is 0 Å². The number of hydrogen-bond acceptors (Lipinski definition) is 6. The lowest BCUT2D eigenvalue weighted by molar-refractivity contribution is 0.0205. The Bertz CT molecular complexity index is 1820. The molecule has 0 saturated heterocycles. The van der Waals surface area contributed by atoms with E-state index in [-0.39, 0.29) is 11.8 Å². The first-order valence-electron chi connectivity index (χ1n) is 17.4. The molecular weight excluding hydrogens is 643 g/mol. The van der Waals surface area contributed by atoms with E-state index in [0.29, 0.717) is 17.1 Å². The molecule has 0 aromatic heterocycles. The Kier molecular flexibility index (Phi) is 12.0. The molecule has 268 valence electrons. The third kappa shape index (κ3) is 9.40. The van der Waals surface area contributed by atoms with Crippen LogP contribution in [-0.4, -0.2) is 11.8 Å². The molecule has 6 nitrogen and oxygen atoms in total. The molecule has 0 radical (unpaired) electrons. The van der Waals surface area contributed by atoms with Crippen LogP contribution in [0.15, 0.2) is 48.5 Å². The van der Waals surface area contributed by atoms with Gasteiger partial charge in [-0.3, -0.25) is 0 Å². The van der Waals surface area contributed by atoms with Gasteiger partial charge in [-0.15, -0.1) is 0 Å². The number of ether oxygens (including phenoxy) is 2. The molecule has 0 atom stereocenters. The zero-order valence-electron chi connectivity index (χ0n) is 32.7. The molecule has 0 amide bonds.